The number of hydrogen-bond donors (Lipinski definition) is 2. The highest BCUT2D eigenvalue weighted by Gasteiger charge is 2.19. The molecule has 1 aromatic heterocycles. The summed E-state index contributed by atoms with van der Waals surface area (Å²) in [4.78, 5) is 39.0. The average molecular weight is 443 g/mol. The van der Waals surface area contributed by atoms with Crippen LogP contribution in [0.1, 0.15) is 48.3 Å². The molecule has 1 saturated heterocycles. The molecule has 172 valence electrons. The molecule has 0 saturated carbocycles. The summed E-state index contributed by atoms with van der Waals surface area (Å²) in [5.74, 6) is 0.404. The van der Waals surface area contributed by atoms with Crippen molar-refractivity contribution in [2.24, 2.45) is 0 Å². The van der Waals surface area contributed by atoms with Crippen LogP contribution in [0.15, 0.2) is 23.0 Å². The van der Waals surface area contributed by atoms with Gasteiger partial charge in [0, 0.05) is 39.1 Å². The van der Waals surface area contributed by atoms with Crippen molar-refractivity contribution in [3.8, 4) is 0 Å². The Hall–Kier alpha value is -3.30. The summed E-state index contributed by atoms with van der Waals surface area (Å²) in [7, 11) is 1.33. The van der Waals surface area contributed by atoms with E-state index in [-0.39, 0.29) is 11.7 Å². The summed E-state index contributed by atoms with van der Waals surface area (Å²) in [5, 5.41) is 10.1. The van der Waals surface area contributed by atoms with E-state index in [4.69, 9.17) is 4.74 Å². The van der Waals surface area contributed by atoms with Gasteiger partial charge in [-0.05, 0) is 50.3 Å². The Balaban J connectivity index is 1.34. The molecule has 0 bridgehead atoms. The predicted molar refractivity (Wildman–Crippen MR) is 120 cm³/mol. The third-order valence-electron chi connectivity index (χ3n) is 5.98. The summed E-state index contributed by atoms with van der Waals surface area (Å²) >= 11 is 0. The summed E-state index contributed by atoms with van der Waals surface area (Å²) in [6, 6.07) is 4.85. The molecule has 1 fully saturated rings. The molecular weight excluding hydrogens is 412 g/mol. The molecule has 3 heterocycles. The number of hydrogen-bond acceptors (Lipinski definition) is 6. The molecule has 1 aromatic carbocycles. The molecule has 10 nitrogen and oxygen atoms in total. The average Bonchev–Trinajstić information content (AvgIpc) is 3.45. The molecule has 10 heteroatoms. The first-order valence-electron chi connectivity index (χ1n) is 11.3. The second-order valence-electron chi connectivity index (χ2n) is 8.18. The van der Waals surface area contributed by atoms with Gasteiger partial charge in [0.1, 0.15) is 5.82 Å². The number of methoxy groups -OCH3 is 1. The van der Waals surface area contributed by atoms with Crippen LogP contribution in [0.2, 0.25) is 0 Å². The number of nitrogens with zero attached hydrogens (tertiary/aromatic N) is 4. The van der Waals surface area contributed by atoms with Gasteiger partial charge in [-0.15, -0.1) is 0 Å². The van der Waals surface area contributed by atoms with E-state index in [1.54, 1.807) is 16.7 Å². The topological polar surface area (TPSA) is 110 Å². The van der Waals surface area contributed by atoms with Gasteiger partial charge < -0.3 is 20.3 Å². The van der Waals surface area contributed by atoms with E-state index in [1.165, 1.54) is 11.8 Å². The van der Waals surface area contributed by atoms with Gasteiger partial charge in [-0.3, -0.25) is 4.57 Å². The zero-order valence-corrected chi connectivity index (χ0v) is 18.4. The number of aryl methyl sites for hydroxylation is 2. The summed E-state index contributed by atoms with van der Waals surface area (Å²) in [5.41, 5.74) is 1.78. The largest absolute Gasteiger partial charge is 0.465 e. The van der Waals surface area contributed by atoms with Crippen molar-refractivity contribution < 1.29 is 14.3 Å². The van der Waals surface area contributed by atoms with Crippen molar-refractivity contribution in [3.05, 3.63) is 40.1 Å². The number of anilines is 2. The van der Waals surface area contributed by atoms with Gasteiger partial charge in [0.2, 0.25) is 0 Å². The number of fused-ring (bicyclic) bond motifs is 1. The second-order valence-corrected chi connectivity index (χ2v) is 8.18. The molecular formula is C22H30N6O4. The number of carbonyl (C=O) groups is 2. The minimum atomic E-state index is -0.449. The quantitative estimate of drug-likeness (QED) is 0.501. The number of urea groups is 1. The minimum absolute atomic E-state index is 0.0703. The van der Waals surface area contributed by atoms with Crippen molar-refractivity contribution in [2.75, 3.05) is 37.0 Å². The third kappa shape index (κ3) is 4.79. The first kappa shape index (κ1) is 21.9. The zero-order chi connectivity index (χ0) is 22.5. The maximum absolute atomic E-state index is 12.5. The number of rotatable bonds is 7. The maximum Gasteiger partial charge on any atom is 0.345 e. The lowest BCUT2D eigenvalue weighted by molar-refractivity contribution is 0.0600. The van der Waals surface area contributed by atoms with Crippen LogP contribution in [0.25, 0.3) is 0 Å². The predicted octanol–water partition coefficient (Wildman–Crippen LogP) is 1.98. The van der Waals surface area contributed by atoms with Gasteiger partial charge >= 0.3 is 17.7 Å². The van der Waals surface area contributed by atoms with Crippen LogP contribution in [0.4, 0.5) is 16.2 Å². The molecule has 2 aliphatic heterocycles. The zero-order valence-electron chi connectivity index (χ0n) is 18.4. The molecule has 0 aliphatic carbocycles. The van der Waals surface area contributed by atoms with Crippen LogP contribution in [0, 0.1) is 0 Å². The van der Waals surface area contributed by atoms with E-state index < -0.39 is 5.97 Å². The highest BCUT2D eigenvalue weighted by atomic mass is 16.5. The smallest absolute Gasteiger partial charge is 0.345 e. The number of aromatic nitrogens is 3. The summed E-state index contributed by atoms with van der Waals surface area (Å²) in [6.45, 7) is 3.42. The van der Waals surface area contributed by atoms with Crippen LogP contribution >= 0.6 is 0 Å². The van der Waals surface area contributed by atoms with E-state index in [0.29, 0.717) is 30.8 Å². The summed E-state index contributed by atoms with van der Waals surface area (Å²) in [6.07, 6.45) is 5.70. The first-order chi connectivity index (χ1) is 15.6. The number of carbonyl (C=O) groups excluding carboxylic acids is 2. The van der Waals surface area contributed by atoms with Crippen molar-refractivity contribution >= 4 is 23.4 Å². The lowest BCUT2D eigenvalue weighted by Gasteiger charge is -2.22. The van der Waals surface area contributed by atoms with Crippen LogP contribution in [-0.4, -0.2) is 53.1 Å². The highest BCUT2D eigenvalue weighted by Crippen LogP contribution is 2.30. The summed E-state index contributed by atoms with van der Waals surface area (Å²) < 4.78 is 8.05. The van der Waals surface area contributed by atoms with Crippen LogP contribution in [-0.2, 0) is 24.2 Å². The Labute approximate surface area is 186 Å². The molecule has 0 radical (unpaired) electrons. The molecule has 2 aliphatic rings. The van der Waals surface area contributed by atoms with Crippen LogP contribution in [0.5, 0.6) is 0 Å². The van der Waals surface area contributed by atoms with Crippen molar-refractivity contribution in [3.63, 3.8) is 0 Å². The Morgan fingerprint density at radius 2 is 1.91 bits per heavy atom. The van der Waals surface area contributed by atoms with Gasteiger partial charge in [-0.25, -0.2) is 19.1 Å². The fraction of sp³-hybridized carbons (Fsp3) is 0.545. The molecule has 0 spiro atoms. The van der Waals surface area contributed by atoms with Crippen LogP contribution < -0.4 is 21.2 Å². The van der Waals surface area contributed by atoms with E-state index in [2.05, 4.69) is 20.6 Å². The number of nitrogens with one attached hydrogen (secondary N) is 2. The normalized spacial score (nSPS) is 15.3. The number of amides is 2. The minimum Gasteiger partial charge on any atom is -0.465 e. The first-order valence-corrected chi connectivity index (χ1v) is 11.3. The number of esters is 1. The van der Waals surface area contributed by atoms with Gasteiger partial charge in [0.05, 0.1) is 24.0 Å². The second kappa shape index (κ2) is 9.88. The Morgan fingerprint density at radius 1 is 1.12 bits per heavy atom. The van der Waals surface area contributed by atoms with E-state index in [1.807, 2.05) is 6.07 Å². The highest BCUT2D eigenvalue weighted by molar-refractivity contribution is 5.97. The SMILES string of the molecule is COC(=O)c1ccc(N2CCCC2)c(NC(=O)NCCCn2nc3n(c2=O)CCCC3)c1. The third-order valence-corrected chi connectivity index (χ3v) is 5.98. The lowest BCUT2D eigenvalue weighted by atomic mass is 10.1. The molecule has 2 amide bonds. The van der Waals surface area contributed by atoms with Crippen molar-refractivity contribution in [2.45, 2.75) is 51.6 Å². The molecule has 32 heavy (non-hydrogen) atoms. The fourth-order valence-corrected chi connectivity index (χ4v) is 4.31. The standard InChI is InChI=1S/C22H30N6O4/c1-32-20(29)16-8-9-18(26-11-4-5-12-26)17(15-16)24-21(30)23-10-6-14-28-22(31)27-13-3-2-7-19(27)25-28/h8-9,15H,2-7,10-14H2,1H3,(H2,23,24,30). The van der Waals surface area contributed by atoms with E-state index in [0.717, 1.165) is 63.3 Å². The van der Waals surface area contributed by atoms with Gasteiger partial charge in [-0.2, -0.15) is 5.10 Å². The Morgan fingerprint density at radius 3 is 2.66 bits per heavy atom. The van der Waals surface area contributed by atoms with Crippen LogP contribution in [0.3, 0.4) is 0 Å². The van der Waals surface area contributed by atoms with Crippen molar-refractivity contribution in [1.82, 2.24) is 19.7 Å². The van der Waals surface area contributed by atoms with Gasteiger partial charge in [0.15, 0.2) is 0 Å². The fourth-order valence-electron chi connectivity index (χ4n) is 4.31. The molecule has 2 N–H and O–H groups in total. The maximum atomic E-state index is 12.5. The lowest BCUT2D eigenvalue weighted by Crippen LogP contribution is -2.32. The van der Waals surface area contributed by atoms with Gasteiger partial charge in [-0.1, -0.05) is 0 Å². The Kier molecular flexibility index (Phi) is 6.77. The number of ether oxygens (including phenoxy) is 1. The molecule has 4 rings (SSSR count). The van der Waals surface area contributed by atoms with E-state index in [9.17, 15) is 14.4 Å². The number of benzene rings is 1. The molecule has 0 atom stereocenters. The molecule has 2 aromatic rings. The molecule has 0 unspecified atom stereocenters. The van der Waals surface area contributed by atoms with Gasteiger partial charge in [0.25, 0.3) is 0 Å². The van der Waals surface area contributed by atoms with E-state index >= 15 is 0 Å². The monoisotopic (exact) mass is 442 g/mol. The Bertz CT molecular complexity index is 1040. The van der Waals surface area contributed by atoms with Crippen molar-refractivity contribution in [1.29, 1.82) is 0 Å².